The summed E-state index contributed by atoms with van der Waals surface area (Å²) in [6, 6.07) is -1.37. The topological polar surface area (TPSA) is 183 Å². The van der Waals surface area contributed by atoms with E-state index in [9.17, 15) is 29.1 Å². The van der Waals surface area contributed by atoms with Crippen molar-refractivity contribution in [3.63, 3.8) is 0 Å². The second-order valence-corrected chi connectivity index (χ2v) is 15.1. The highest BCUT2D eigenvalue weighted by atomic mass is 16.5. The third-order valence-electron chi connectivity index (χ3n) is 9.93. The van der Waals surface area contributed by atoms with Crippen molar-refractivity contribution in [3.8, 4) is 0 Å². The smallest absolute Gasteiger partial charge is 0.329 e. The number of esters is 3. The number of carbonyl (C=O) groups is 5. The van der Waals surface area contributed by atoms with E-state index in [1.807, 2.05) is 19.9 Å². The number of aliphatic hydroxyl groups excluding tert-OH is 1. The lowest BCUT2D eigenvalue weighted by molar-refractivity contribution is -0.141. The van der Waals surface area contributed by atoms with Crippen LogP contribution in [0.25, 0.3) is 0 Å². The summed E-state index contributed by atoms with van der Waals surface area (Å²) in [5, 5.41) is 15.3. The summed E-state index contributed by atoms with van der Waals surface area (Å²) in [6.07, 6.45) is 18.0. The maximum atomic E-state index is 11.9. The van der Waals surface area contributed by atoms with Gasteiger partial charge in [0.25, 0.3) is 0 Å². The van der Waals surface area contributed by atoms with Crippen molar-refractivity contribution < 1.29 is 43.3 Å². The molecule has 12 heteroatoms. The lowest BCUT2D eigenvalue weighted by Crippen LogP contribution is -2.43. The van der Waals surface area contributed by atoms with Crippen molar-refractivity contribution in [3.05, 3.63) is 12.7 Å². The van der Waals surface area contributed by atoms with Crippen LogP contribution in [0.5, 0.6) is 0 Å². The summed E-state index contributed by atoms with van der Waals surface area (Å²) in [5.41, 5.74) is 5.55. The Morgan fingerprint density at radius 1 is 0.792 bits per heavy atom. The molecule has 0 spiro atoms. The number of aliphatic hydroxyl groups is 1. The van der Waals surface area contributed by atoms with Gasteiger partial charge in [-0.05, 0) is 37.5 Å². The van der Waals surface area contributed by atoms with Crippen molar-refractivity contribution in [2.75, 3.05) is 19.8 Å². The quantitative estimate of drug-likeness (QED) is 0.0423. The van der Waals surface area contributed by atoms with Crippen LogP contribution >= 0.6 is 0 Å². The summed E-state index contributed by atoms with van der Waals surface area (Å²) in [7, 11) is 0. The van der Waals surface area contributed by atoms with E-state index in [4.69, 9.17) is 19.9 Å². The molecule has 3 saturated heterocycles. The Bertz CT molecular complexity index is 1070. The molecule has 308 valence electrons. The maximum Gasteiger partial charge on any atom is 0.329 e. The molecule has 0 bridgehead atoms. The van der Waals surface area contributed by atoms with Gasteiger partial charge in [0.2, 0.25) is 11.8 Å². The molecule has 3 fully saturated rings. The lowest BCUT2D eigenvalue weighted by atomic mass is 9.91. The molecule has 0 saturated carbocycles. The highest BCUT2D eigenvalue weighted by Gasteiger charge is 2.39. The van der Waals surface area contributed by atoms with E-state index in [-0.39, 0.29) is 61.4 Å². The molecule has 6 atom stereocenters. The molecule has 5 N–H and O–H groups in total. The second-order valence-electron chi connectivity index (χ2n) is 15.1. The first kappa shape index (κ1) is 50.0. The van der Waals surface area contributed by atoms with Gasteiger partial charge in [0.05, 0.1) is 32.3 Å². The highest BCUT2D eigenvalue weighted by molar-refractivity contribution is 5.86. The van der Waals surface area contributed by atoms with E-state index in [0.717, 1.165) is 38.5 Å². The first-order valence-corrected chi connectivity index (χ1v) is 19.9. The molecule has 2 amide bonds. The number of allylic oxidation sites excluding steroid dienone is 1. The molecule has 4 unspecified atom stereocenters. The first-order valence-electron chi connectivity index (χ1n) is 19.9. The van der Waals surface area contributed by atoms with Crippen LogP contribution in [-0.2, 0) is 38.2 Å². The Morgan fingerprint density at radius 2 is 1.36 bits per heavy atom. The van der Waals surface area contributed by atoms with E-state index in [0.29, 0.717) is 50.9 Å². The zero-order chi connectivity index (χ0) is 38.9. The van der Waals surface area contributed by atoms with Gasteiger partial charge in [0.1, 0.15) is 18.1 Å². The molecule has 0 aromatic carbocycles. The van der Waals surface area contributed by atoms with Gasteiger partial charge in [0.15, 0.2) is 0 Å². The molecule has 0 aromatic heterocycles. The summed E-state index contributed by atoms with van der Waals surface area (Å²) < 4.78 is 14.6. The van der Waals surface area contributed by atoms with Crippen molar-refractivity contribution >= 4 is 29.7 Å². The van der Waals surface area contributed by atoms with Crippen LogP contribution in [0.15, 0.2) is 12.7 Å². The van der Waals surface area contributed by atoms with Gasteiger partial charge in [-0.1, -0.05) is 112 Å². The molecule has 3 rings (SSSR count). The number of hydrogen-bond donors (Lipinski definition) is 4. The van der Waals surface area contributed by atoms with E-state index < -0.39 is 18.2 Å². The number of ether oxygens (including phenoxy) is 3. The van der Waals surface area contributed by atoms with Crippen LogP contribution < -0.4 is 16.4 Å². The lowest BCUT2D eigenvalue weighted by Gasteiger charge is -2.19. The molecule has 3 aliphatic rings. The van der Waals surface area contributed by atoms with Gasteiger partial charge in [-0.15, -0.1) is 6.58 Å². The number of rotatable bonds is 22. The van der Waals surface area contributed by atoms with Crippen molar-refractivity contribution in [1.29, 1.82) is 0 Å². The zero-order valence-corrected chi connectivity index (χ0v) is 32.8. The molecular weight excluding hydrogens is 678 g/mol. The van der Waals surface area contributed by atoms with Crippen LogP contribution in [0.3, 0.4) is 0 Å². The average molecular weight is 754 g/mol. The van der Waals surface area contributed by atoms with E-state index in [2.05, 4.69) is 38.0 Å². The molecular formula is C41H75N3O9. The fraction of sp³-hybridized carbons (Fsp3) is 0.829. The fourth-order valence-corrected chi connectivity index (χ4v) is 6.33. The number of unbranched alkanes of at least 4 members (excludes halogenated alkanes) is 11. The van der Waals surface area contributed by atoms with Crippen molar-refractivity contribution in [2.45, 2.75) is 175 Å². The van der Waals surface area contributed by atoms with Crippen molar-refractivity contribution in [2.24, 2.45) is 29.4 Å². The summed E-state index contributed by atoms with van der Waals surface area (Å²) in [5.74, 6) is -0.138. The normalized spacial score (nSPS) is 22.4. The molecule has 0 radical (unpaired) electrons. The van der Waals surface area contributed by atoms with Crippen LogP contribution in [-0.4, -0.2) is 78.9 Å². The van der Waals surface area contributed by atoms with Crippen molar-refractivity contribution in [1.82, 2.24) is 10.6 Å². The Morgan fingerprint density at radius 3 is 1.89 bits per heavy atom. The number of nitrogens with two attached hydrogens (primary N) is 1. The average Bonchev–Trinajstić information content (AvgIpc) is 3.78. The van der Waals surface area contributed by atoms with Gasteiger partial charge in [-0.2, -0.15) is 0 Å². The first-order chi connectivity index (χ1) is 24.8. The van der Waals surface area contributed by atoms with Gasteiger partial charge in [-0.3, -0.25) is 14.4 Å². The van der Waals surface area contributed by atoms with Crippen LogP contribution in [0.4, 0.5) is 0 Å². The van der Waals surface area contributed by atoms with E-state index in [1.165, 1.54) is 44.9 Å². The highest BCUT2D eigenvalue weighted by Crippen LogP contribution is 2.23. The Balaban J connectivity index is 0.000000803. The standard InChI is InChI=1S/C17H29NO3.C16H29NO4.C7H13NO2.CH4/c1-4-5-6-7-8-9-10-11-15(19)18-16-14(13(2)3)12-21-17(16)20;1-2-3-4-5-6-7-8-9-13(18)12-15(19)17-14-10-11-21-16(14)20;1-4(2)5-3-10-7(9)6(5)8;/h4,13-14,16H,1,5-12H2,2-3H3,(H,18,19);13-14,18H,2-12H2,1H3,(H,17,19);4-6H,3,8H2,1-2H3;1H4/t14-,16?;;5-,6?;/m1.1./s1. The predicted molar refractivity (Wildman–Crippen MR) is 208 cm³/mol. The molecule has 0 aromatic rings. The maximum absolute atomic E-state index is 11.9. The summed E-state index contributed by atoms with van der Waals surface area (Å²) in [6.45, 7) is 15.4. The molecule has 53 heavy (non-hydrogen) atoms. The zero-order valence-electron chi connectivity index (χ0n) is 32.8. The minimum Gasteiger partial charge on any atom is -0.464 e. The van der Waals surface area contributed by atoms with Crippen LogP contribution in [0.1, 0.15) is 151 Å². The predicted octanol–water partition coefficient (Wildman–Crippen LogP) is 6.31. The molecule has 0 aliphatic carbocycles. The Labute approximate surface area is 320 Å². The molecule has 3 aliphatic heterocycles. The van der Waals surface area contributed by atoms with Gasteiger partial charge < -0.3 is 35.7 Å². The number of nitrogens with one attached hydrogen (secondary N) is 2. The third kappa shape index (κ3) is 21.5. The minimum atomic E-state index is -0.613. The Kier molecular flexibility index (Phi) is 27.7. The Hall–Kier alpha value is -2.99. The fourth-order valence-electron chi connectivity index (χ4n) is 6.33. The SMILES string of the molecule is C.C=CCCCCCCCC(=O)NC1C(=O)OC[C@@H]1C(C)C.CC(C)[C@H]1COC(=O)C1N.CCCCCCCCCC(O)CC(=O)NC1CCOC1=O. The van der Waals surface area contributed by atoms with Gasteiger partial charge in [-0.25, -0.2) is 9.59 Å². The largest absolute Gasteiger partial charge is 0.464 e. The van der Waals surface area contributed by atoms with E-state index in [1.54, 1.807) is 0 Å². The summed E-state index contributed by atoms with van der Waals surface area (Å²) >= 11 is 0. The monoisotopic (exact) mass is 754 g/mol. The number of amides is 2. The number of hydrogen-bond acceptors (Lipinski definition) is 10. The molecule has 12 nitrogen and oxygen atoms in total. The molecule has 3 heterocycles. The number of carbonyl (C=O) groups excluding carboxylic acids is 5. The van der Waals surface area contributed by atoms with Gasteiger partial charge in [0, 0.05) is 24.7 Å². The van der Waals surface area contributed by atoms with E-state index >= 15 is 0 Å². The number of cyclic esters (lactones) is 3. The minimum absolute atomic E-state index is 0. The third-order valence-corrected chi connectivity index (χ3v) is 9.93. The summed E-state index contributed by atoms with van der Waals surface area (Å²) in [4.78, 5) is 57.2. The second kappa shape index (κ2) is 29.4. The van der Waals surface area contributed by atoms with Crippen LogP contribution in [0.2, 0.25) is 0 Å². The van der Waals surface area contributed by atoms with Gasteiger partial charge >= 0.3 is 17.9 Å². The van der Waals surface area contributed by atoms with Crippen LogP contribution in [0, 0.1) is 23.7 Å².